The first-order valence-electron chi connectivity index (χ1n) is 5.77. The van der Waals surface area contributed by atoms with Crippen molar-refractivity contribution in [2.75, 3.05) is 19.7 Å². The predicted molar refractivity (Wildman–Crippen MR) is 65.6 cm³/mol. The van der Waals surface area contributed by atoms with Crippen LogP contribution in [0.1, 0.15) is 24.3 Å². The number of hydrogen-bond acceptors (Lipinski definition) is 2. The van der Waals surface area contributed by atoms with E-state index in [4.69, 9.17) is 11.2 Å². The first kappa shape index (κ1) is 11.0. The molecule has 1 unspecified atom stereocenters. The molecule has 0 spiro atoms. The lowest BCUT2D eigenvalue weighted by Crippen LogP contribution is -2.23. The predicted octanol–water partition coefficient (Wildman–Crippen LogP) is 2.17. The van der Waals surface area contributed by atoms with Crippen LogP contribution in [0.3, 0.4) is 0 Å². The fraction of sp³-hybridized carbons (Fsp3) is 0.429. The Morgan fingerprint density at radius 3 is 3.19 bits per heavy atom. The summed E-state index contributed by atoms with van der Waals surface area (Å²) >= 11 is 0. The van der Waals surface area contributed by atoms with Crippen LogP contribution in [0.5, 0.6) is 5.75 Å². The topological polar surface area (TPSA) is 21.3 Å². The molecule has 1 aliphatic rings. The number of rotatable bonds is 5. The molecule has 0 aromatic heterocycles. The van der Waals surface area contributed by atoms with Gasteiger partial charge in [-0.15, -0.1) is 12.3 Å². The van der Waals surface area contributed by atoms with Crippen LogP contribution in [-0.2, 0) is 0 Å². The SMILES string of the molecule is C#CCCCNCC1COc2ccccc21. The monoisotopic (exact) mass is 215 g/mol. The van der Waals surface area contributed by atoms with E-state index in [0.717, 1.165) is 38.3 Å². The first-order valence-corrected chi connectivity index (χ1v) is 5.77. The van der Waals surface area contributed by atoms with Gasteiger partial charge in [0.05, 0.1) is 6.61 Å². The van der Waals surface area contributed by atoms with Crippen LogP contribution < -0.4 is 10.1 Å². The van der Waals surface area contributed by atoms with E-state index in [1.165, 1.54) is 5.56 Å². The summed E-state index contributed by atoms with van der Waals surface area (Å²) in [5.74, 6) is 4.17. The minimum atomic E-state index is 0.488. The van der Waals surface area contributed by atoms with Gasteiger partial charge in [-0.1, -0.05) is 18.2 Å². The summed E-state index contributed by atoms with van der Waals surface area (Å²) < 4.78 is 5.62. The lowest BCUT2D eigenvalue weighted by atomic mass is 10.0. The molecule has 0 fully saturated rings. The minimum Gasteiger partial charge on any atom is -0.493 e. The van der Waals surface area contributed by atoms with E-state index in [9.17, 15) is 0 Å². The van der Waals surface area contributed by atoms with Crippen molar-refractivity contribution < 1.29 is 4.74 Å². The summed E-state index contributed by atoms with van der Waals surface area (Å²) in [6.07, 6.45) is 7.10. The Morgan fingerprint density at radius 1 is 1.44 bits per heavy atom. The molecule has 1 N–H and O–H groups in total. The van der Waals surface area contributed by atoms with Crippen molar-refractivity contribution in [2.45, 2.75) is 18.8 Å². The second-order valence-corrected chi connectivity index (χ2v) is 4.06. The largest absolute Gasteiger partial charge is 0.493 e. The zero-order valence-electron chi connectivity index (χ0n) is 9.41. The van der Waals surface area contributed by atoms with Crippen LogP contribution in [-0.4, -0.2) is 19.7 Å². The normalized spacial score (nSPS) is 17.6. The van der Waals surface area contributed by atoms with Gasteiger partial charge < -0.3 is 10.1 Å². The first-order chi connectivity index (χ1) is 7.92. The van der Waals surface area contributed by atoms with Gasteiger partial charge in [-0.05, 0) is 19.0 Å². The Morgan fingerprint density at radius 2 is 2.31 bits per heavy atom. The summed E-state index contributed by atoms with van der Waals surface area (Å²) in [5.41, 5.74) is 1.33. The highest BCUT2D eigenvalue weighted by Gasteiger charge is 2.22. The quantitative estimate of drug-likeness (QED) is 0.600. The highest BCUT2D eigenvalue weighted by Crippen LogP contribution is 2.32. The molecule has 16 heavy (non-hydrogen) atoms. The van der Waals surface area contributed by atoms with Crippen LogP contribution in [0.4, 0.5) is 0 Å². The third-order valence-corrected chi connectivity index (χ3v) is 2.86. The molecule has 2 nitrogen and oxygen atoms in total. The molecule has 0 radical (unpaired) electrons. The molecule has 1 aromatic carbocycles. The molecule has 0 amide bonds. The van der Waals surface area contributed by atoms with Gasteiger partial charge >= 0.3 is 0 Å². The number of nitrogens with one attached hydrogen (secondary N) is 1. The fourth-order valence-corrected chi connectivity index (χ4v) is 1.99. The number of hydrogen-bond donors (Lipinski definition) is 1. The van der Waals surface area contributed by atoms with Gasteiger partial charge in [0.25, 0.3) is 0 Å². The summed E-state index contributed by atoms with van der Waals surface area (Å²) in [6, 6.07) is 8.27. The van der Waals surface area contributed by atoms with Gasteiger partial charge in [0.1, 0.15) is 5.75 Å². The van der Waals surface area contributed by atoms with Crippen molar-refractivity contribution in [3.05, 3.63) is 29.8 Å². The van der Waals surface area contributed by atoms with Crippen LogP contribution in [0.2, 0.25) is 0 Å². The molecule has 0 bridgehead atoms. The van der Waals surface area contributed by atoms with Crippen molar-refractivity contribution >= 4 is 0 Å². The third kappa shape index (κ3) is 2.56. The van der Waals surface area contributed by atoms with E-state index >= 15 is 0 Å². The average molecular weight is 215 g/mol. The Bertz CT molecular complexity index is 381. The van der Waals surface area contributed by atoms with Crippen molar-refractivity contribution in [1.82, 2.24) is 5.32 Å². The number of terminal acetylenes is 1. The average Bonchev–Trinajstić information content (AvgIpc) is 2.73. The fourth-order valence-electron chi connectivity index (χ4n) is 1.99. The van der Waals surface area contributed by atoms with E-state index in [1.807, 2.05) is 12.1 Å². The molecule has 0 aliphatic carbocycles. The van der Waals surface area contributed by atoms with Gasteiger partial charge in [-0.25, -0.2) is 0 Å². The van der Waals surface area contributed by atoms with E-state index in [-0.39, 0.29) is 0 Å². The Kier molecular flexibility index (Phi) is 3.85. The van der Waals surface area contributed by atoms with Crippen LogP contribution in [0, 0.1) is 12.3 Å². The Labute approximate surface area is 97.0 Å². The molecule has 1 heterocycles. The molecule has 0 saturated heterocycles. The van der Waals surface area contributed by atoms with Gasteiger partial charge in [0, 0.05) is 24.4 Å². The van der Waals surface area contributed by atoms with Crippen molar-refractivity contribution in [1.29, 1.82) is 0 Å². The van der Waals surface area contributed by atoms with E-state index in [0.29, 0.717) is 5.92 Å². The molecular weight excluding hydrogens is 198 g/mol. The summed E-state index contributed by atoms with van der Waals surface area (Å²) in [5, 5.41) is 3.43. The van der Waals surface area contributed by atoms with E-state index in [1.54, 1.807) is 0 Å². The molecule has 2 heteroatoms. The number of fused-ring (bicyclic) bond motifs is 1. The second kappa shape index (κ2) is 5.58. The maximum absolute atomic E-state index is 5.62. The summed E-state index contributed by atoms with van der Waals surface area (Å²) in [7, 11) is 0. The van der Waals surface area contributed by atoms with Gasteiger partial charge in [-0.2, -0.15) is 0 Å². The number of ether oxygens (including phenoxy) is 1. The van der Waals surface area contributed by atoms with E-state index in [2.05, 4.69) is 23.4 Å². The molecule has 1 aliphatic heterocycles. The lowest BCUT2D eigenvalue weighted by Gasteiger charge is -2.09. The summed E-state index contributed by atoms with van der Waals surface area (Å²) in [4.78, 5) is 0. The maximum Gasteiger partial charge on any atom is 0.122 e. The molecule has 1 aromatic rings. The highest BCUT2D eigenvalue weighted by molar-refractivity contribution is 5.39. The summed E-state index contributed by atoms with van der Waals surface area (Å²) in [6.45, 7) is 2.76. The van der Waals surface area contributed by atoms with E-state index < -0.39 is 0 Å². The zero-order chi connectivity index (χ0) is 11.2. The Hall–Kier alpha value is -1.46. The second-order valence-electron chi connectivity index (χ2n) is 4.06. The molecule has 1 atom stereocenters. The maximum atomic E-state index is 5.62. The number of unbranched alkanes of at least 4 members (excludes halogenated alkanes) is 1. The van der Waals surface area contributed by atoms with Crippen LogP contribution in [0.25, 0.3) is 0 Å². The van der Waals surface area contributed by atoms with Crippen molar-refractivity contribution in [3.63, 3.8) is 0 Å². The smallest absolute Gasteiger partial charge is 0.122 e. The zero-order valence-corrected chi connectivity index (χ0v) is 9.41. The molecule has 0 saturated carbocycles. The minimum absolute atomic E-state index is 0.488. The number of para-hydroxylation sites is 1. The van der Waals surface area contributed by atoms with Crippen LogP contribution >= 0.6 is 0 Å². The Balaban J connectivity index is 1.78. The van der Waals surface area contributed by atoms with Gasteiger partial charge in [-0.3, -0.25) is 0 Å². The molecular formula is C14H17NO. The lowest BCUT2D eigenvalue weighted by molar-refractivity contribution is 0.326. The van der Waals surface area contributed by atoms with Crippen LogP contribution in [0.15, 0.2) is 24.3 Å². The van der Waals surface area contributed by atoms with Gasteiger partial charge in [0.2, 0.25) is 0 Å². The number of benzene rings is 1. The highest BCUT2D eigenvalue weighted by atomic mass is 16.5. The molecule has 2 rings (SSSR count). The van der Waals surface area contributed by atoms with Crippen molar-refractivity contribution in [3.8, 4) is 18.1 Å². The van der Waals surface area contributed by atoms with Crippen molar-refractivity contribution in [2.24, 2.45) is 0 Å². The standard InChI is InChI=1S/C14H17NO/c1-2-3-6-9-15-10-12-11-16-14-8-5-4-7-13(12)14/h1,4-5,7-8,12,15H,3,6,9-11H2. The third-order valence-electron chi connectivity index (χ3n) is 2.86. The molecule has 84 valence electrons. The van der Waals surface area contributed by atoms with Gasteiger partial charge in [0.15, 0.2) is 0 Å².